The Balaban J connectivity index is 2.71. The highest BCUT2D eigenvalue weighted by atomic mass is 32.2. The Labute approximate surface area is 91.8 Å². The van der Waals surface area contributed by atoms with Crippen molar-refractivity contribution in [1.29, 1.82) is 0 Å². The highest BCUT2D eigenvalue weighted by molar-refractivity contribution is 7.89. The van der Waals surface area contributed by atoms with Crippen molar-refractivity contribution in [3.8, 4) is 0 Å². The number of aliphatic carboxylic acids is 1. The molecule has 0 saturated heterocycles. The molecule has 1 aromatic rings. The van der Waals surface area contributed by atoms with Crippen molar-refractivity contribution in [2.45, 2.75) is 11.0 Å². The molecule has 1 atom stereocenters. The largest absolute Gasteiger partial charge is 0.479 e. The minimum atomic E-state index is -3.82. The number of hydrogen-bond acceptors (Lipinski definition) is 5. The van der Waals surface area contributed by atoms with Crippen molar-refractivity contribution >= 4 is 16.0 Å². The molecule has 0 aromatic carbocycles. The maximum absolute atomic E-state index is 11.5. The van der Waals surface area contributed by atoms with Crippen molar-refractivity contribution in [3.63, 3.8) is 0 Å². The predicted octanol–water partition coefficient (Wildman–Crippen LogP) is -1.19. The third kappa shape index (κ3) is 3.26. The average molecular weight is 246 g/mol. The van der Waals surface area contributed by atoms with E-state index in [0.717, 1.165) is 6.20 Å². The van der Waals surface area contributed by atoms with Gasteiger partial charge in [-0.2, -0.15) is 0 Å². The molecular formula is C8H10N2O5S. The highest BCUT2D eigenvalue weighted by Crippen LogP contribution is 2.04. The van der Waals surface area contributed by atoms with Crippen LogP contribution in [0.3, 0.4) is 0 Å². The van der Waals surface area contributed by atoms with Gasteiger partial charge in [-0.1, -0.05) is 0 Å². The van der Waals surface area contributed by atoms with Crippen LogP contribution in [0.25, 0.3) is 0 Å². The summed E-state index contributed by atoms with van der Waals surface area (Å²) in [5, 5.41) is 17.2. The van der Waals surface area contributed by atoms with Gasteiger partial charge in [0.1, 0.15) is 4.90 Å². The Bertz CT molecular complexity index is 459. The highest BCUT2D eigenvalue weighted by Gasteiger charge is 2.19. The lowest BCUT2D eigenvalue weighted by atomic mass is 10.4. The van der Waals surface area contributed by atoms with Crippen LogP contribution in [0.2, 0.25) is 0 Å². The first-order valence-electron chi connectivity index (χ1n) is 4.24. The van der Waals surface area contributed by atoms with E-state index in [2.05, 4.69) is 4.98 Å². The molecule has 0 saturated carbocycles. The number of rotatable bonds is 5. The van der Waals surface area contributed by atoms with E-state index in [0.29, 0.717) is 0 Å². The molecule has 88 valence electrons. The summed E-state index contributed by atoms with van der Waals surface area (Å²) >= 11 is 0. The molecule has 0 aliphatic carbocycles. The van der Waals surface area contributed by atoms with Gasteiger partial charge in [0.05, 0.1) is 0 Å². The second-order valence-electron chi connectivity index (χ2n) is 2.89. The number of aromatic nitrogens is 1. The number of sulfonamides is 1. The molecule has 7 nitrogen and oxygen atoms in total. The van der Waals surface area contributed by atoms with Crippen molar-refractivity contribution in [3.05, 3.63) is 24.5 Å². The quantitative estimate of drug-likeness (QED) is 0.601. The Morgan fingerprint density at radius 2 is 2.25 bits per heavy atom. The van der Waals surface area contributed by atoms with Gasteiger partial charge in [-0.3, -0.25) is 4.98 Å². The van der Waals surface area contributed by atoms with E-state index in [9.17, 15) is 13.2 Å². The van der Waals surface area contributed by atoms with Crippen LogP contribution in [-0.2, 0) is 14.8 Å². The van der Waals surface area contributed by atoms with E-state index in [4.69, 9.17) is 10.2 Å². The van der Waals surface area contributed by atoms with E-state index < -0.39 is 28.6 Å². The molecule has 0 aliphatic heterocycles. The van der Waals surface area contributed by atoms with Crippen molar-refractivity contribution < 1.29 is 23.4 Å². The van der Waals surface area contributed by atoms with Crippen LogP contribution in [0.1, 0.15) is 0 Å². The maximum Gasteiger partial charge on any atom is 0.333 e. The van der Waals surface area contributed by atoms with E-state index in [1.54, 1.807) is 0 Å². The normalized spacial score (nSPS) is 13.3. The monoisotopic (exact) mass is 246 g/mol. The zero-order valence-electron chi connectivity index (χ0n) is 8.07. The molecule has 0 unspecified atom stereocenters. The fourth-order valence-corrected chi connectivity index (χ4v) is 1.87. The number of aliphatic hydroxyl groups is 1. The number of pyridine rings is 1. The summed E-state index contributed by atoms with van der Waals surface area (Å²) in [6, 6.07) is 2.74. The second kappa shape index (κ2) is 5.01. The van der Waals surface area contributed by atoms with Crippen LogP contribution in [0.4, 0.5) is 0 Å². The number of nitrogens with one attached hydrogen (secondary N) is 1. The molecule has 1 heterocycles. The Hall–Kier alpha value is -1.51. The second-order valence-corrected chi connectivity index (χ2v) is 4.66. The lowest BCUT2D eigenvalue weighted by Crippen LogP contribution is -2.36. The van der Waals surface area contributed by atoms with Crippen LogP contribution in [-0.4, -0.2) is 42.2 Å². The number of carbonyl (C=O) groups is 1. The Kier molecular flexibility index (Phi) is 3.93. The number of nitrogens with zero attached hydrogens (tertiary/aromatic N) is 1. The molecule has 0 fully saturated rings. The van der Waals surface area contributed by atoms with Gasteiger partial charge < -0.3 is 10.2 Å². The molecule has 0 amide bonds. The van der Waals surface area contributed by atoms with Gasteiger partial charge >= 0.3 is 5.97 Å². The summed E-state index contributed by atoms with van der Waals surface area (Å²) in [6.07, 6.45) is 0.757. The van der Waals surface area contributed by atoms with E-state index in [1.807, 2.05) is 4.72 Å². The predicted molar refractivity (Wildman–Crippen MR) is 53.1 cm³/mol. The average Bonchev–Trinajstić information content (AvgIpc) is 2.27. The summed E-state index contributed by atoms with van der Waals surface area (Å²) in [5.74, 6) is -1.49. The zero-order chi connectivity index (χ0) is 12.2. The Morgan fingerprint density at radius 3 is 2.75 bits per heavy atom. The van der Waals surface area contributed by atoms with Crippen LogP contribution in [0.15, 0.2) is 29.4 Å². The van der Waals surface area contributed by atoms with Crippen LogP contribution < -0.4 is 4.72 Å². The standard InChI is InChI=1S/C8H10N2O5S/c11-7(8(12)13)5-10-16(14,15)6-2-1-3-9-4-6/h1-4,7,10-11H,5H2,(H,12,13)/t7-/m0/s1. The van der Waals surface area contributed by atoms with Gasteiger partial charge in [-0.05, 0) is 12.1 Å². The summed E-state index contributed by atoms with van der Waals surface area (Å²) < 4.78 is 25.0. The molecule has 1 rings (SSSR count). The van der Waals surface area contributed by atoms with Crippen molar-refractivity contribution in [1.82, 2.24) is 9.71 Å². The van der Waals surface area contributed by atoms with Gasteiger partial charge in [0.25, 0.3) is 0 Å². The first-order valence-corrected chi connectivity index (χ1v) is 5.72. The number of carboxylic acid groups (broad SMARTS) is 1. The zero-order valence-corrected chi connectivity index (χ0v) is 8.88. The van der Waals surface area contributed by atoms with Gasteiger partial charge in [0, 0.05) is 18.9 Å². The number of carboxylic acids is 1. The van der Waals surface area contributed by atoms with Gasteiger partial charge in [-0.25, -0.2) is 17.9 Å². The van der Waals surface area contributed by atoms with Gasteiger partial charge in [0.15, 0.2) is 6.10 Å². The van der Waals surface area contributed by atoms with Crippen LogP contribution >= 0.6 is 0 Å². The summed E-state index contributed by atoms with van der Waals surface area (Å²) in [4.78, 5) is 13.8. The molecule has 0 bridgehead atoms. The smallest absolute Gasteiger partial charge is 0.333 e. The minimum absolute atomic E-state index is 0.0902. The minimum Gasteiger partial charge on any atom is -0.479 e. The van der Waals surface area contributed by atoms with Crippen LogP contribution in [0.5, 0.6) is 0 Å². The van der Waals surface area contributed by atoms with Crippen molar-refractivity contribution in [2.75, 3.05) is 6.54 Å². The summed E-state index contributed by atoms with van der Waals surface area (Å²) in [7, 11) is -3.82. The Morgan fingerprint density at radius 1 is 1.56 bits per heavy atom. The molecule has 8 heteroatoms. The molecule has 0 aliphatic rings. The lowest BCUT2D eigenvalue weighted by molar-refractivity contribution is -0.146. The third-order valence-electron chi connectivity index (χ3n) is 1.70. The first kappa shape index (κ1) is 12.6. The van der Waals surface area contributed by atoms with E-state index in [1.165, 1.54) is 18.3 Å². The number of aliphatic hydroxyl groups excluding tert-OH is 1. The fraction of sp³-hybridized carbons (Fsp3) is 0.250. The van der Waals surface area contributed by atoms with Crippen molar-refractivity contribution in [2.24, 2.45) is 0 Å². The molecule has 1 aromatic heterocycles. The van der Waals surface area contributed by atoms with E-state index in [-0.39, 0.29) is 4.90 Å². The van der Waals surface area contributed by atoms with Crippen LogP contribution in [0, 0.1) is 0 Å². The molecule has 16 heavy (non-hydrogen) atoms. The summed E-state index contributed by atoms with van der Waals surface area (Å²) in [6.45, 7) is -0.591. The van der Waals surface area contributed by atoms with E-state index >= 15 is 0 Å². The third-order valence-corrected chi connectivity index (χ3v) is 3.11. The molecule has 3 N–H and O–H groups in total. The molecule has 0 radical (unpaired) electrons. The topological polar surface area (TPSA) is 117 Å². The van der Waals surface area contributed by atoms with Gasteiger partial charge in [-0.15, -0.1) is 0 Å². The summed E-state index contributed by atoms with van der Waals surface area (Å²) in [5.41, 5.74) is 0. The SMILES string of the molecule is O=C(O)[C@@H](O)CNS(=O)(=O)c1cccnc1. The molecule has 0 spiro atoms. The first-order chi connectivity index (χ1) is 7.43. The van der Waals surface area contributed by atoms with Gasteiger partial charge in [0.2, 0.25) is 10.0 Å². The number of hydrogen-bond donors (Lipinski definition) is 3. The fourth-order valence-electron chi connectivity index (χ4n) is 0.865. The lowest BCUT2D eigenvalue weighted by Gasteiger charge is -2.08. The molecular weight excluding hydrogens is 236 g/mol. The maximum atomic E-state index is 11.5.